The normalized spacial score (nSPS) is 12.0. The lowest BCUT2D eigenvalue weighted by molar-refractivity contribution is 0.0492. The fourth-order valence-corrected chi connectivity index (χ4v) is 2.23. The zero-order valence-electron chi connectivity index (χ0n) is 11.8. The quantitative estimate of drug-likeness (QED) is 0.729. The van der Waals surface area contributed by atoms with E-state index in [4.69, 9.17) is 4.74 Å². The van der Waals surface area contributed by atoms with Crippen LogP contribution in [0.5, 0.6) is 0 Å². The summed E-state index contributed by atoms with van der Waals surface area (Å²) in [5.74, 6) is -3.08. The molecule has 0 aromatic heterocycles. The highest BCUT2D eigenvalue weighted by molar-refractivity contribution is 7.86. The Morgan fingerprint density at radius 3 is 2.33 bits per heavy atom. The van der Waals surface area contributed by atoms with Gasteiger partial charge in [0.05, 0.1) is 5.56 Å². The molecular formula is C12H16F2N2O4S. The van der Waals surface area contributed by atoms with E-state index in [1.54, 1.807) is 0 Å². The molecule has 1 aromatic carbocycles. The van der Waals surface area contributed by atoms with Crippen molar-refractivity contribution in [2.24, 2.45) is 0 Å². The fourth-order valence-electron chi connectivity index (χ4n) is 1.37. The van der Waals surface area contributed by atoms with Crippen LogP contribution in [0, 0.1) is 11.6 Å². The van der Waals surface area contributed by atoms with E-state index in [1.807, 2.05) is 0 Å². The first-order valence-corrected chi connectivity index (χ1v) is 7.32. The second-order valence-electron chi connectivity index (χ2n) is 4.38. The SMILES string of the molecule is CN(C)S(=O)(=O)N(C)CCOC(=O)c1ccc(F)c(F)c1. The molecule has 0 fully saturated rings. The molecule has 0 aliphatic heterocycles. The summed E-state index contributed by atoms with van der Waals surface area (Å²) < 4.78 is 55.9. The van der Waals surface area contributed by atoms with Gasteiger partial charge in [-0.2, -0.15) is 17.0 Å². The number of nitrogens with zero attached hydrogens (tertiary/aromatic N) is 2. The lowest BCUT2D eigenvalue weighted by atomic mass is 10.2. The minimum absolute atomic E-state index is 0.0596. The second-order valence-corrected chi connectivity index (χ2v) is 6.63. The van der Waals surface area contributed by atoms with Gasteiger partial charge in [-0.1, -0.05) is 0 Å². The van der Waals surface area contributed by atoms with E-state index in [2.05, 4.69) is 0 Å². The summed E-state index contributed by atoms with van der Waals surface area (Å²) >= 11 is 0. The molecule has 1 rings (SSSR count). The van der Waals surface area contributed by atoms with Crippen molar-refractivity contribution in [3.8, 4) is 0 Å². The number of rotatable bonds is 6. The fraction of sp³-hybridized carbons (Fsp3) is 0.417. The van der Waals surface area contributed by atoms with Crippen molar-refractivity contribution < 1.29 is 26.7 Å². The maximum Gasteiger partial charge on any atom is 0.338 e. The molecule has 0 atom stereocenters. The maximum absolute atomic E-state index is 13.0. The largest absolute Gasteiger partial charge is 0.461 e. The Kier molecular flexibility index (Phi) is 5.76. The van der Waals surface area contributed by atoms with Crippen LogP contribution in [-0.2, 0) is 14.9 Å². The number of carbonyl (C=O) groups excluding carboxylic acids is 1. The molecule has 0 heterocycles. The van der Waals surface area contributed by atoms with Gasteiger partial charge in [-0.15, -0.1) is 0 Å². The van der Waals surface area contributed by atoms with Gasteiger partial charge in [0.1, 0.15) is 6.61 Å². The van der Waals surface area contributed by atoms with Crippen molar-refractivity contribution in [3.05, 3.63) is 35.4 Å². The molecule has 0 saturated heterocycles. The summed E-state index contributed by atoms with van der Waals surface area (Å²) in [7, 11) is 0.496. The van der Waals surface area contributed by atoms with Gasteiger partial charge in [0, 0.05) is 27.7 Å². The van der Waals surface area contributed by atoms with E-state index in [0.29, 0.717) is 0 Å². The molecule has 21 heavy (non-hydrogen) atoms. The van der Waals surface area contributed by atoms with Gasteiger partial charge in [-0.25, -0.2) is 13.6 Å². The van der Waals surface area contributed by atoms with Gasteiger partial charge < -0.3 is 4.74 Å². The highest BCUT2D eigenvalue weighted by Gasteiger charge is 2.20. The van der Waals surface area contributed by atoms with Crippen molar-refractivity contribution in [1.82, 2.24) is 8.61 Å². The average molecular weight is 322 g/mol. The van der Waals surface area contributed by atoms with Crippen molar-refractivity contribution in [2.45, 2.75) is 0 Å². The van der Waals surface area contributed by atoms with Crippen LogP contribution in [0.2, 0.25) is 0 Å². The van der Waals surface area contributed by atoms with Crippen molar-refractivity contribution in [3.63, 3.8) is 0 Å². The summed E-state index contributed by atoms with van der Waals surface area (Å²) in [5, 5.41) is 0. The third kappa shape index (κ3) is 4.45. The topological polar surface area (TPSA) is 66.9 Å². The number of esters is 1. The minimum Gasteiger partial charge on any atom is -0.461 e. The lowest BCUT2D eigenvalue weighted by Gasteiger charge is -2.21. The molecule has 0 radical (unpaired) electrons. The van der Waals surface area contributed by atoms with Crippen molar-refractivity contribution >= 4 is 16.2 Å². The predicted molar refractivity (Wildman–Crippen MR) is 71.9 cm³/mol. The molecule has 0 saturated carbocycles. The summed E-state index contributed by atoms with van der Waals surface area (Å²) in [4.78, 5) is 11.6. The summed E-state index contributed by atoms with van der Waals surface area (Å²) in [6, 6.07) is 2.62. The standard InChI is InChI=1S/C12H16F2N2O4S/c1-15(2)21(18,19)16(3)6-7-20-12(17)9-4-5-10(13)11(14)8-9/h4-5,8H,6-7H2,1-3H3. The highest BCUT2D eigenvalue weighted by Crippen LogP contribution is 2.10. The van der Waals surface area contributed by atoms with E-state index in [0.717, 1.165) is 26.8 Å². The lowest BCUT2D eigenvalue weighted by Crippen LogP contribution is -2.39. The monoisotopic (exact) mass is 322 g/mol. The first-order chi connectivity index (χ1) is 9.66. The van der Waals surface area contributed by atoms with E-state index in [-0.39, 0.29) is 18.7 Å². The zero-order valence-corrected chi connectivity index (χ0v) is 12.7. The van der Waals surface area contributed by atoms with E-state index >= 15 is 0 Å². The molecule has 9 heteroatoms. The van der Waals surface area contributed by atoms with Gasteiger partial charge >= 0.3 is 5.97 Å². The zero-order chi connectivity index (χ0) is 16.2. The molecule has 0 unspecified atom stereocenters. The Labute approximate surface area is 122 Å². The number of carbonyl (C=O) groups is 1. The Bertz CT molecular complexity index is 620. The first-order valence-electron chi connectivity index (χ1n) is 5.92. The van der Waals surface area contributed by atoms with Crippen molar-refractivity contribution in [2.75, 3.05) is 34.3 Å². The smallest absolute Gasteiger partial charge is 0.338 e. The predicted octanol–water partition coefficient (Wildman–Crippen LogP) is 0.860. The maximum atomic E-state index is 13.0. The first kappa shape index (κ1) is 17.5. The molecule has 118 valence electrons. The number of ether oxygens (including phenoxy) is 1. The summed E-state index contributed by atoms with van der Waals surface area (Å²) in [5.41, 5.74) is -0.146. The molecule has 0 aliphatic rings. The van der Waals surface area contributed by atoms with Crippen LogP contribution >= 0.6 is 0 Å². The molecule has 0 amide bonds. The van der Waals surface area contributed by atoms with E-state index in [1.165, 1.54) is 21.1 Å². The van der Waals surface area contributed by atoms with Crippen LogP contribution in [-0.4, -0.2) is 57.3 Å². The van der Waals surface area contributed by atoms with Crippen molar-refractivity contribution in [1.29, 1.82) is 0 Å². The summed E-state index contributed by atoms with van der Waals surface area (Å²) in [6.07, 6.45) is 0. The molecular weight excluding hydrogens is 306 g/mol. The van der Waals surface area contributed by atoms with Gasteiger partial charge in [0.15, 0.2) is 11.6 Å². The molecule has 0 N–H and O–H groups in total. The average Bonchev–Trinajstić information content (AvgIpc) is 2.41. The van der Waals surface area contributed by atoms with Crippen LogP contribution in [0.3, 0.4) is 0 Å². The molecule has 0 spiro atoms. The minimum atomic E-state index is -3.59. The molecule has 1 aromatic rings. The van der Waals surface area contributed by atoms with Gasteiger partial charge in [0.2, 0.25) is 0 Å². The highest BCUT2D eigenvalue weighted by atomic mass is 32.2. The van der Waals surface area contributed by atoms with Crippen LogP contribution in [0.4, 0.5) is 8.78 Å². The number of benzene rings is 1. The number of likely N-dealkylation sites (N-methyl/N-ethyl adjacent to an activating group) is 1. The van der Waals surface area contributed by atoms with Gasteiger partial charge in [0.25, 0.3) is 10.2 Å². The number of hydrogen-bond acceptors (Lipinski definition) is 4. The Morgan fingerprint density at radius 2 is 1.81 bits per heavy atom. The van der Waals surface area contributed by atoms with Gasteiger partial charge in [-0.05, 0) is 18.2 Å². The van der Waals surface area contributed by atoms with Crippen LogP contribution in [0.1, 0.15) is 10.4 Å². The van der Waals surface area contributed by atoms with Crippen LogP contribution in [0.15, 0.2) is 18.2 Å². The Morgan fingerprint density at radius 1 is 1.19 bits per heavy atom. The van der Waals surface area contributed by atoms with E-state index < -0.39 is 27.8 Å². The third-order valence-corrected chi connectivity index (χ3v) is 4.54. The number of halogens is 2. The van der Waals surface area contributed by atoms with Crippen LogP contribution in [0.25, 0.3) is 0 Å². The third-order valence-electron chi connectivity index (χ3n) is 2.65. The molecule has 0 bridgehead atoms. The molecule has 6 nitrogen and oxygen atoms in total. The van der Waals surface area contributed by atoms with Crippen LogP contribution < -0.4 is 0 Å². The number of hydrogen-bond donors (Lipinski definition) is 0. The Balaban J connectivity index is 2.56. The van der Waals surface area contributed by atoms with Gasteiger partial charge in [-0.3, -0.25) is 0 Å². The Hall–Kier alpha value is -1.58. The second kappa shape index (κ2) is 6.92. The van der Waals surface area contributed by atoms with E-state index in [9.17, 15) is 22.0 Å². The summed E-state index contributed by atoms with van der Waals surface area (Å²) in [6.45, 7) is -0.267. The molecule has 0 aliphatic carbocycles.